The summed E-state index contributed by atoms with van der Waals surface area (Å²) in [6.45, 7) is 4.49. The lowest BCUT2D eigenvalue weighted by Gasteiger charge is -2.18. The number of methoxy groups -OCH3 is 1. The third-order valence-electron chi connectivity index (χ3n) is 3.43. The maximum Gasteiger partial charge on any atom is 0.406 e. The zero-order chi connectivity index (χ0) is 18.1. The van der Waals surface area contributed by atoms with Gasteiger partial charge in [0.05, 0.1) is 12.8 Å². The molecule has 1 aromatic carbocycles. The van der Waals surface area contributed by atoms with Gasteiger partial charge in [-0.05, 0) is 6.42 Å². The van der Waals surface area contributed by atoms with E-state index < -0.39 is 6.09 Å². The van der Waals surface area contributed by atoms with E-state index in [1.165, 1.54) is 18.4 Å². The van der Waals surface area contributed by atoms with E-state index >= 15 is 0 Å². The summed E-state index contributed by atoms with van der Waals surface area (Å²) < 4.78 is 4.49. The zero-order valence-corrected chi connectivity index (χ0v) is 14.9. The van der Waals surface area contributed by atoms with Gasteiger partial charge in [0.25, 0.3) is 0 Å². The molecule has 0 aliphatic heterocycles. The molecule has 2 rings (SSSR count). The summed E-state index contributed by atoms with van der Waals surface area (Å²) in [5.41, 5.74) is 1.85. The van der Waals surface area contributed by atoms with Crippen LogP contribution in [0, 0.1) is 0 Å². The number of carbonyl (C=O) groups excluding carboxylic acids is 2. The summed E-state index contributed by atoms with van der Waals surface area (Å²) in [7, 11) is 1.30. The van der Waals surface area contributed by atoms with Gasteiger partial charge in [-0.3, -0.25) is 9.69 Å². The minimum absolute atomic E-state index is 0.0551. The first-order valence-corrected chi connectivity index (χ1v) is 8.77. The molecule has 1 N–H and O–H groups in total. The third kappa shape index (κ3) is 5.42. The molecule has 132 valence electrons. The fourth-order valence-corrected chi connectivity index (χ4v) is 3.04. The van der Waals surface area contributed by atoms with Gasteiger partial charge in [0.1, 0.15) is 0 Å². The Hall–Kier alpha value is -2.67. The number of alkyl carbamates (subject to hydrolysis) is 1. The van der Waals surface area contributed by atoms with E-state index in [1.807, 2.05) is 35.7 Å². The number of aromatic nitrogens is 1. The Morgan fingerprint density at radius 1 is 1.36 bits per heavy atom. The van der Waals surface area contributed by atoms with Gasteiger partial charge in [0.2, 0.25) is 5.91 Å². The third-order valence-corrected chi connectivity index (χ3v) is 4.29. The molecule has 1 heterocycles. The fourth-order valence-electron chi connectivity index (χ4n) is 2.18. The Morgan fingerprint density at radius 3 is 2.80 bits per heavy atom. The minimum atomic E-state index is -0.497. The molecule has 0 bridgehead atoms. The number of hydrogen-bond donors (Lipinski definition) is 1. The van der Waals surface area contributed by atoms with Crippen LogP contribution >= 0.6 is 11.3 Å². The van der Waals surface area contributed by atoms with Crippen molar-refractivity contribution in [2.24, 2.45) is 0 Å². The van der Waals surface area contributed by atoms with Crippen LogP contribution in [0.3, 0.4) is 0 Å². The van der Waals surface area contributed by atoms with Crippen molar-refractivity contribution in [2.45, 2.75) is 12.8 Å². The van der Waals surface area contributed by atoms with Crippen molar-refractivity contribution in [1.82, 2.24) is 10.3 Å². The highest BCUT2D eigenvalue weighted by Gasteiger charge is 2.18. The molecule has 25 heavy (non-hydrogen) atoms. The average molecular weight is 359 g/mol. The second-order valence-corrected chi connectivity index (χ2v) is 6.03. The van der Waals surface area contributed by atoms with Gasteiger partial charge in [0, 0.05) is 30.5 Å². The Balaban J connectivity index is 2.00. The minimum Gasteiger partial charge on any atom is -0.453 e. The lowest BCUT2D eigenvalue weighted by Crippen LogP contribution is -2.32. The van der Waals surface area contributed by atoms with E-state index in [0.717, 1.165) is 11.3 Å². The first kappa shape index (κ1) is 18.7. The number of carbonyl (C=O) groups is 2. The number of ether oxygens (including phenoxy) is 1. The van der Waals surface area contributed by atoms with Crippen LogP contribution < -0.4 is 10.2 Å². The van der Waals surface area contributed by atoms with Crippen LogP contribution in [0.2, 0.25) is 0 Å². The number of rotatable bonds is 8. The number of nitrogens with one attached hydrogen (secondary N) is 1. The van der Waals surface area contributed by atoms with Gasteiger partial charge >= 0.3 is 6.09 Å². The molecule has 0 saturated heterocycles. The molecule has 7 heteroatoms. The highest BCUT2D eigenvalue weighted by atomic mass is 32.1. The summed E-state index contributed by atoms with van der Waals surface area (Å²) in [6, 6.07) is 9.82. The molecule has 0 aliphatic rings. The molecular weight excluding hydrogens is 338 g/mol. The highest BCUT2D eigenvalue weighted by molar-refractivity contribution is 7.14. The quantitative estimate of drug-likeness (QED) is 0.579. The average Bonchev–Trinajstić information content (AvgIpc) is 3.13. The van der Waals surface area contributed by atoms with E-state index in [2.05, 4.69) is 21.6 Å². The molecule has 2 amide bonds. The molecule has 0 aliphatic carbocycles. The van der Waals surface area contributed by atoms with Gasteiger partial charge in [0.15, 0.2) is 5.13 Å². The predicted molar refractivity (Wildman–Crippen MR) is 99.7 cm³/mol. The van der Waals surface area contributed by atoms with Gasteiger partial charge < -0.3 is 10.1 Å². The number of hydrogen-bond acceptors (Lipinski definition) is 5. The molecule has 0 radical (unpaired) electrons. The maximum absolute atomic E-state index is 12.5. The summed E-state index contributed by atoms with van der Waals surface area (Å²) >= 11 is 1.42. The van der Waals surface area contributed by atoms with Gasteiger partial charge in [-0.25, -0.2) is 9.78 Å². The van der Waals surface area contributed by atoms with E-state index in [4.69, 9.17) is 0 Å². The van der Waals surface area contributed by atoms with Crippen molar-refractivity contribution < 1.29 is 14.3 Å². The Bertz CT molecular complexity index is 715. The Labute approximate surface area is 151 Å². The number of anilines is 1. The van der Waals surface area contributed by atoms with Crippen LogP contribution in [0.15, 0.2) is 48.4 Å². The number of nitrogens with zero attached hydrogens (tertiary/aromatic N) is 2. The van der Waals surface area contributed by atoms with Crippen LogP contribution in [-0.4, -0.2) is 37.2 Å². The highest BCUT2D eigenvalue weighted by Crippen LogP contribution is 2.27. The first-order valence-electron chi connectivity index (χ1n) is 7.89. The number of amides is 2. The molecule has 0 saturated carbocycles. The summed E-state index contributed by atoms with van der Waals surface area (Å²) in [4.78, 5) is 29.7. The largest absolute Gasteiger partial charge is 0.453 e. The Morgan fingerprint density at radius 2 is 2.12 bits per heavy atom. The van der Waals surface area contributed by atoms with Crippen LogP contribution in [0.25, 0.3) is 11.3 Å². The van der Waals surface area contributed by atoms with E-state index in [-0.39, 0.29) is 5.91 Å². The summed E-state index contributed by atoms with van der Waals surface area (Å²) in [5.74, 6) is -0.0551. The van der Waals surface area contributed by atoms with Crippen molar-refractivity contribution in [3.8, 4) is 11.3 Å². The standard InChI is InChI=1S/C18H21N3O3S/c1-3-12-21(16(22)10-7-11-19-18(23)24-2)17-20-15(13-25-17)14-8-5-4-6-9-14/h3-6,8-9,13H,1,7,10-12H2,2H3,(H,19,23). The predicted octanol–water partition coefficient (Wildman–Crippen LogP) is 3.47. The lowest BCUT2D eigenvalue weighted by atomic mass is 10.2. The molecule has 0 spiro atoms. The fraction of sp³-hybridized carbons (Fsp3) is 0.278. The SMILES string of the molecule is C=CCN(C(=O)CCCNC(=O)OC)c1nc(-c2ccccc2)cs1. The van der Waals surface area contributed by atoms with E-state index in [9.17, 15) is 9.59 Å². The van der Waals surface area contributed by atoms with Gasteiger partial charge in [-0.1, -0.05) is 36.4 Å². The molecular formula is C18H21N3O3S. The molecule has 1 aromatic heterocycles. The normalized spacial score (nSPS) is 10.1. The first-order chi connectivity index (χ1) is 12.2. The van der Waals surface area contributed by atoms with Crippen molar-refractivity contribution in [1.29, 1.82) is 0 Å². The molecule has 0 unspecified atom stereocenters. The topological polar surface area (TPSA) is 71.5 Å². The smallest absolute Gasteiger partial charge is 0.406 e. The summed E-state index contributed by atoms with van der Waals surface area (Å²) in [5, 5.41) is 5.14. The van der Waals surface area contributed by atoms with Crippen LogP contribution in [0.4, 0.5) is 9.93 Å². The van der Waals surface area contributed by atoms with Crippen LogP contribution in [0.1, 0.15) is 12.8 Å². The number of benzene rings is 1. The Kier molecular flexibility index (Phi) is 7.16. The van der Waals surface area contributed by atoms with Crippen LogP contribution in [-0.2, 0) is 9.53 Å². The van der Waals surface area contributed by atoms with E-state index in [1.54, 1.807) is 11.0 Å². The number of thiazole rings is 1. The van der Waals surface area contributed by atoms with Crippen molar-refractivity contribution in [2.75, 3.05) is 25.1 Å². The molecule has 6 nitrogen and oxygen atoms in total. The second kappa shape index (κ2) is 9.58. The van der Waals surface area contributed by atoms with Crippen LogP contribution in [0.5, 0.6) is 0 Å². The molecule has 0 fully saturated rings. The molecule has 2 aromatic rings. The lowest BCUT2D eigenvalue weighted by molar-refractivity contribution is -0.118. The maximum atomic E-state index is 12.5. The monoisotopic (exact) mass is 359 g/mol. The van der Waals surface area contributed by atoms with Crippen molar-refractivity contribution in [3.63, 3.8) is 0 Å². The molecule has 0 atom stereocenters. The van der Waals surface area contributed by atoms with Crippen molar-refractivity contribution >= 4 is 28.5 Å². The zero-order valence-electron chi connectivity index (χ0n) is 14.1. The second-order valence-electron chi connectivity index (χ2n) is 5.20. The van der Waals surface area contributed by atoms with Gasteiger partial charge in [-0.15, -0.1) is 17.9 Å². The summed E-state index contributed by atoms with van der Waals surface area (Å²) in [6.07, 6.45) is 2.01. The van der Waals surface area contributed by atoms with Crippen molar-refractivity contribution in [3.05, 3.63) is 48.4 Å². The van der Waals surface area contributed by atoms with Gasteiger partial charge in [-0.2, -0.15) is 0 Å². The van der Waals surface area contributed by atoms with E-state index in [0.29, 0.717) is 31.1 Å².